The molecule has 2 rings (SSSR count). The fraction of sp³-hybridized carbons (Fsp3) is 0.455. The molecule has 0 spiro atoms. The maximum atomic E-state index is 12.9. The van der Waals surface area contributed by atoms with Gasteiger partial charge in [0.1, 0.15) is 5.82 Å². The molecule has 1 nitrogen and oxygen atoms in total. The molecule has 1 atom stereocenters. The SMILES string of the molecule is C[C@@H]1CNCCc2cc(F)ccc21. The lowest BCUT2D eigenvalue weighted by atomic mass is 9.95. The van der Waals surface area contributed by atoms with Gasteiger partial charge in [0.15, 0.2) is 0 Å². The maximum absolute atomic E-state index is 12.9. The number of fused-ring (bicyclic) bond motifs is 1. The van der Waals surface area contributed by atoms with E-state index in [-0.39, 0.29) is 5.82 Å². The molecule has 1 heterocycles. The van der Waals surface area contributed by atoms with Gasteiger partial charge in [0.25, 0.3) is 0 Å². The zero-order valence-corrected chi connectivity index (χ0v) is 7.81. The lowest BCUT2D eigenvalue weighted by molar-refractivity contribution is 0.623. The van der Waals surface area contributed by atoms with Gasteiger partial charge in [-0.3, -0.25) is 0 Å². The van der Waals surface area contributed by atoms with E-state index in [9.17, 15) is 4.39 Å². The smallest absolute Gasteiger partial charge is 0.123 e. The number of nitrogens with one attached hydrogen (secondary N) is 1. The van der Waals surface area contributed by atoms with Gasteiger partial charge in [-0.05, 0) is 42.1 Å². The summed E-state index contributed by atoms with van der Waals surface area (Å²) in [4.78, 5) is 0. The summed E-state index contributed by atoms with van der Waals surface area (Å²) >= 11 is 0. The van der Waals surface area contributed by atoms with E-state index in [4.69, 9.17) is 0 Å². The van der Waals surface area contributed by atoms with Gasteiger partial charge in [-0.2, -0.15) is 0 Å². The molecule has 1 aliphatic heterocycles. The minimum atomic E-state index is -0.118. The molecule has 0 saturated heterocycles. The summed E-state index contributed by atoms with van der Waals surface area (Å²) in [5, 5.41) is 3.34. The molecule has 0 fully saturated rings. The van der Waals surface area contributed by atoms with Crippen molar-refractivity contribution in [3.05, 3.63) is 35.1 Å². The minimum absolute atomic E-state index is 0.118. The molecule has 0 unspecified atom stereocenters. The number of hydrogen-bond acceptors (Lipinski definition) is 1. The van der Waals surface area contributed by atoms with Crippen LogP contribution in [-0.4, -0.2) is 13.1 Å². The summed E-state index contributed by atoms with van der Waals surface area (Å²) in [7, 11) is 0. The Morgan fingerprint density at radius 3 is 3.15 bits per heavy atom. The van der Waals surface area contributed by atoms with Crippen LogP contribution in [0.5, 0.6) is 0 Å². The Balaban J connectivity index is 2.42. The van der Waals surface area contributed by atoms with Crippen molar-refractivity contribution in [3.63, 3.8) is 0 Å². The Hall–Kier alpha value is -0.890. The van der Waals surface area contributed by atoms with Crippen LogP contribution in [0, 0.1) is 5.82 Å². The van der Waals surface area contributed by atoms with Crippen molar-refractivity contribution in [2.75, 3.05) is 13.1 Å². The van der Waals surface area contributed by atoms with Crippen LogP contribution in [0.3, 0.4) is 0 Å². The summed E-state index contributed by atoms with van der Waals surface area (Å²) in [6.07, 6.45) is 0.942. The van der Waals surface area contributed by atoms with Gasteiger partial charge in [-0.15, -0.1) is 0 Å². The zero-order valence-electron chi connectivity index (χ0n) is 7.81. The number of halogens is 1. The Morgan fingerprint density at radius 2 is 2.31 bits per heavy atom. The summed E-state index contributed by atoms with van der Waals surface area (Å²) < 4.78 is 12.9. The largest absolute Gasteiger partial charge is 0.316 e. The van der Waals surface area contributed by atoms with Crippen molar-refractivity contribution in [2.24, 2.45) is 0 Å². The highest BCUT2D eigenvalue weighted by Gasteiger charge is 2.14. The molecule has 0 bridgehead atoms. The molecule has 13 heavy (non-hydrogen) atoms. The Morgan fingerprint density at radius 1 is 1.46 bits per heavy atom. The highest BCUT2D eigenvalue weighted by atomic mass is 19.1. The third-order valence-corrected chi connectivity index (χ3v) is 2.66. The monoisotopic (exact) mass is 179 g/mol. The first-order chi connectivity index (χ1) is 6.27. The van der Waals surface area contributed by atoms with Crippen LogP contribution in [0.4, 0.5) is 4.39 Å². The van der Waals surface area contributed by atoms with E-state index < -0.39 is 0 Å². The quantitative estimate of drug-likeness (QED) is 0.643. The van der Waals surface area contributed by atoms with Crippen LogP contribution >= 0.6 is 0 Å². The Bertz CT molecular complexity index is 309. The van der Waals surface area contributed by atoms with Crippen molar-refractivity contribution >= 4 is 0 Å². The van der Waals surface area contributed by atoms with Gasteiger partial charge in [-0.1, -0.05) is 13.0 Å². The summed E-state index contributed by atoms with van der Waals surface area (Å²) in [6, 6.07) is 5.14. The fourth-order valence-electron chi connectivity index (χ4n) is 1.92. The lowest BCUT2D eigenvalue weighted by Crippen LogP contribution is -2.18. The van der Waals surface area contributed by atoms with Gasteiger partial charge < -0.3 is 5.32 Å². The van der Waals surface area contributed by atoms with E-state index in [1.807, 2.05) is 6.07 Å². The van der Waals surface area contributed by atoms with Gasteiger partial charge in [0.05, 0.1) is 0 Å². The first kappa shape index (κ1) is 8.70. The Labute approximate surface area is 78.0 Å². The molecule has 0 amide bonds. The van der Waals surface area contributed by atoms with Crippen molar-refractivity contribution in [3.8, 4) is 0 Å². The van der Waals surface area contributed by atoms with Crippen LogP contribution in [0.25, 0.3) is 0 Å². The standard InChI is InChI=1S/C11H14FN/c1-8-7-13-5-4-9-6-10(12)2-3-11(8)9/h2-3,6,8,13H,4-5,7H2,1H3/t8-/m1/s1. The first-order valence-electron chi connectivity index (χ1n) is 4.76. The third-order valence-electron chi connectivity index (χ3n) is 2.66. The van der Waals surface area contributed by atoms with E-state index in [0.29, 0.717) is 5.92 Å². The molecule has 1 N–H and O–H groups in total. The average Bonchev–Trinajstić information content (AvgIpc) is 2.28. The molecule has 0 saturated carbocycles. The van der Waals surface area contributed by atoms with E-state index >= 15 is 0 Å². The summed E-state index contributed by atoms with van der Waals surface area (Å²) in [6.45, 7) is 4.13. The molecule has 0 aliphatic carbocycles. The van der Waals surface area contributed by atoms with Gasteiger partial charge in [0, 0.05) is 6.54 Å². The van der Waals surface area contributed by atoms with Gasteiger partial charge in [0.2, 0.25) is 0 Å². The molecule has 1 aromatic rings. The van der Waals surface area contributed by atoms with Crippen LogP contribution < -0.4 is 5.32 Å². The predicted octanol–water partition coefficient (Wildman–Crippen LogP) is 2.07. The van der Waals surface area contributed by atoms with Crippen LogP contribution in [-0.2, 0) is 6.42 Å². The number of rotatable bonds is 0. The van der Waals surface area contributed by atoms with Crippen LogP contribution in [0.1, 0.15) is 24.0 Å². The highest BCUT2D eigenvalue weighted by molar-refractivity contribution is 5.32. The van der Waals surface area contributed by atoms with Crippen molar-refractivity contribution < 1.29 is 4.39 Å². The second-order valence-corrected chi connectivity index (χ2v) is 3.70. The van der Waals surface area contributed by atoms with E-state index in [1.54, 1.807) is 12.1 Å². The van der Waals surface area contributed by atoms with Gasteiger partial charge in [-0.25, -0.2) is 4.39 Å². The number of hydrogen-bond donors (Lipinski definition) is 1. The van der Waals surface area contributed by atoms with Crippen molar-refractivity contribution in [1.82, 2.24) is 5.32 Å². The second kappa shape index (κ2) is 3.46. The summed E-state index contributed by atoms with van der Waals surface area (Å²) in [5.74, 6) is 0.381. The molecule has 1 aliphatic rings. The molecule has 0 aromatic heterocycles. The van der Waals surface area contributed by atoms with Crippen molar-refractivity contribution in [1.29, 1.82) is 0 Å². The van der Waals surface area contributed by atoms with Crippen LogP contribution in [0.15, 0.2) is 18.2 Å². The molecule has 0 radical (unpaired) electrons. The predicted molar refractivity (Wildman–Crippen MR) is 51.4 cm³/mol. The molecule has 70 valence electrons. The van der Waals surface area contributed by atoms with Crippen molar-refractivity contribution in [2.45, 2.75) is 19.3 Å². The highest BCUT2D eigenvalue weighted by Crippen LogP contribution is 2.22. The van der Waals surface area contributed by atoms with Crippen LogP contribution in [0.2, 0.25) is 0 Å². The summed E-state index contributed by atoms with van der Waals surface area (Å²) in [5.41, 5.74) is 2.46. The lowest BCUT2D eigenvalue weighted by Gasteiger charge is -2.11. The van der Waals surface area contributed by atoms with E-state index in [1.165, 1.54) is 5.56 Å². The van der Waals surface area contributed by atoms with Gasteiger partial charge >= 0.3 is 0 Å². The third kappa shape index (κ3) is 1.73. The first-order valence-corrected chi connectivity index (χ1v) is 4.76. The maximum Gasteiger partial charge on any atom is 0.123 e. The van der Waals surface area contributed by atoms with E-state index in [2.05, 4.69) is 12.2 Å². The second-order valence-electron chi connectivity index (χ2n) is 3.70. The molecule has 1 aromatic carbocycles. The normalized spacial score (nSPS) is 22.2. The van der Waals surface area contributed by atoms with E-state index in [0.717, 1.165) is 25.1 Å². The molecular weight excluding hydrogens is 165 g/mol. The Kier molecular flexibility index (Phi) is 2.32. The minimum Gasteiger partial charge on any atom is -0.316 e. The molecular formula is C11H14FN. The number of benzene rings is 1. The average molecular weight is 179 g/mol. The topological polar surface area (TPSA) is 12.0 Å². The fourth-order valence-corrected chi connectivity index (χ4v) is 1.92. The molecule has 2 heteroatoms. The zero-order chi connectivity index (χ0) is 9.26.